The van der Waals surface area contributed by atoms with Gasteiger partial charge in [-0.15, -0.1) is 0 Å². The third kappa shape index (κ3) is 4.25. The molecule has 0 N–H and O–H groups in total. The van der Waals surface area contributed by atoms with Gasteiger partial charge in [-0.2, -0.15) is 5.10 Å². The quantitative estimate of drug-likeness (QED) is 0.709. The summed E-state index contributed by atoms with van der Waals surface area (Å²) in [6.07, 6.45) is 12.9. The minimum Gasteiger partial charge on any atom is -0.381 e. The first-order valence-corrected chi connectivity index (χ1v) is 9.99. The molecule has 0 unspecified atom stereocenters. The molecule has 1 amide bonds. The van der Waals surface area contributed by atoms with Crippen molar-refractivity contribution >= 4 is 5.91 Å². The fourth-order valence-electron chi connectivity index (χ4n) is 4.56. The number of hydrogen-bond acceptors (Lipinski definition) is 3. The highest BCUT2D eigenvalue weighted by Gasteiger charge is 2.49. The Hall–Kier alpha value is -1.36. The maximum atomic E-state index is 12.8. The molecule has 3 rings (SSSR count). The molecule has 0 bridgehead atoms. The van der Waals surface area contributed by atoms with E-state index in [1.165, 1.54) is 31.2 Å². The zero-order chi connectivity index (χ0) is 17.7. The fraction of sp³-hybridized carbons (Fsp3) is 0.800. The standard InChI is InChI=1S/C20H33N3O2/c1-3-4-5-6-7-8-19(24)23-15-18(17-13-21-22(2)14-17)20(16-23)9-11-25-12-10-20/h13-14,18H,3-12,15-16H2,1-2H3/t18-/m0/s1. The number of carbonyl (C=O) groups is 1. The minimum absolute atomic E-state index is 0.180. The van der Waals surface area contributed by atoms with Gasteiger partial charge in [-0.05, 0) is 24.8 Å². The van der Waals surface area contributed by atoms with Gasteiger partial charge in [0.25, 0.3) is 0 Å². The zero-order valence-electron chi connectivity index (χ0n) is 15.9. The van der Waals surface area contributed by atoms with Crippen LogP contribution in [0.2, 0.25) is 0 Å². The molecule has 2 saturated heterocycles. The van der Waals surface area contributed by atoms with Crippen LogP contribution >= 0.6 is 0 Å². The van der Waals surface area contributed by atoms with Crippen LogP contribution in [0.3, 0.4) is 0 Å². The summed E-state index contributed by atoms with van der Waals surface area (Å²) in [6, 6.07) is 0. The van der Waals surface area contributed by atoms with Crippen LogP contribution in [-0.4, -0.2) is 46.9 Å². The predicted molar refractivity (Wildman–Crippen MR) is 98.4 cm³/mol. The summed E-state index contributed by atoms with van der Waals surface area (Å²) < 4.78 is 7.50. The smallest absolute Gasteiger partial charge is 0.222 e. The van der Waals surface area contributed by atoms with Gasteiger partial charge in [-0.3, -0.25) is 9.48 Å². The number of likely N-dealkylation sites (tertiary alicyclic amines) is 1. The molecule has 1 aromatic heterocycles. The van der Waals surface area contributed by atoms with Crippen molar-refractivity contribution in [2.24, 2.45) is 12.5 Å². The Balaban J connectivity index is 1.63. The number of carbonyl (C=O) groups excluding carboxylic acids is 1. The summed E-state index contributed by atoms with van der Waals surface area (Å²) in [4.78, 5) is 14.9. The summed E-state index contributed by atoms with van der Waals surface area (Å²) in [5.41, 5.74) is 1.46. The third-order valence-electron chi connectivity index (χ3n) is 6.11. The van der Waals surface area contributed by atoms with Crippen molar-refractivity contribution in [3.05, 3.63) is 18.0 Å². The molecular formula is C20H33N3O2. The molecule has 2 aliphatic rings. The Morgan fingerprint density at radius 3 is 2.72 bits per heavy atom. The van der Waals surface area contributed by atoms with E-state index in [1.807, 2.05) is 17.9 Å². The van der Waals surface area contributed by atoms with E-state index in [0.29, 0.717) is 18.2 Å². The number of ether oxygens (including phenoxy) is 1. The molecule has 0 saturated carbocycles. The first kappa shape index (κ1) is 18.4. The van der Waals surface area contributed by atoms with Gasteiger partial charge >= 0.3 is 0 Å². The Kier molecular flexibility index (Phi) is 6.15. The van der Waals surface area contributed by atoms with E-state index in [-0.39, 0.29) is 5.41 Å². The number of nitrogens with zero attached hydrogens (tertiary/aromatic N) is 3. The lowest BCUT2D eigenvalue weighted by atomic mass is 9.70. The van der Waals surface area contributed by atoms with E-state index in [4.69, 9.17) is 4.74 Å². The average Bonchev–Trinajstić information content (AvgIpc) is 3.19. The molecule has 0 aliphatic carbocycles. The van der Waals surface area contributed by atoms with Crippen molar-refractivity contribution in [3.63, 3.8) is 0 Å². The topological polar surface area (TPSA) is 47.4 Å². The van der Waals surface area contributed by atoms with Gasteiger partial charge in [0, 0.05) is 57.3 Å². The number of aromatic nitrogens is 2. The summed E-state index contributed by atoms with van der Waals surface area (Å²) in [5, 5.41) is 4.37. The highest BCUT2D eigenvalue weighted by atomic mass is 16.5. The summed E-state index contributed by atoms with van der Waals surface area (Å²) in [6.45, 7) is 5.59. The largest absolute Gasteiger partial charge is 0.381 e. The van der Waals surface area contributed by atoms with Crippen LogP contribution in [0.5, 0.6) is 0 Å². The van der Waals surface area contributed by atoms with E-state index < -0.39 is 0 Å². The molecule has 1 aromatic rings. The van der Waals surface area contributed by atoms with E-state index >= 15 is 0 Å². The average molecular weight is 348 g/mol. The van der Waals surface area contributed by atoms with Crippen molar-refractivity contribution in [1.82, 2.24) is 14.7 Å². The molecule has 1 atom stereocenters. The van der Waals surface area contributed by atoms with E-state index in [2.05, 4.69) is 23.1 Å². The van der Waals surface area contributed by atoms with Crippen LogP contribution in [0.1, 0.15) is 69.8 Å². The van der Waals surface area contributed by atoms with Crippen molar-refractivity contribution in [3.8, 4) is 0 Å². The molecule has 1 spiro atoms. The van der Waals surface area contributed by atoms with Crippen LogP contribution in [0, 0.1) is 5.41 Å². The fourth-order valence-corrected chi connectivity index (χ4v) is 4.56. The number of amides is 1. The van der Waals surface area contributed by atoms with Gasteiger partial charge in [0.2, 0.25) is 5.91 Å². The second-order valence-corrected chi connectivity index (χ2v) is 7.91. The van der Waals surface area contributed by atoms with Gasteiger partial charge in [-0.25, -0.2) is 0 Å². The second-order valence-electron chi connectivity index (χ2n) is 7.91. The van der Waals surface area contributed by atoms with Crippen LogP contribution in [0.4, 0.5) is 0 Å². The normalized spacial score (nSPS) is 22.6. The van der Waals surface area contributed by atoms with Crippen molar-refractivity contribution in [2.75, 3.05) is 26.3 Å². The second kappa shape index (κ2) is 8.35. The SMILES string of the molecule is CCCCCCCC(=O)N1C[C@@H](c2cnn(C)c2)C2(CCOCC2)C1. The summed E-state index contributed by atoms with van der Waals surface area (Å²) in [5.74, 6) is 0.739. The van der Waals surface area contributed by atoms with Crippen LogP contribution in [-0.2, 0) is 16.6 Å². The number of hydrogen-bond donors (Lipinski definition) is 0. The lowest BCUT2D eigenvalue weighted by Crippen LogP contribution is -2.37. The molecule has 5 nitrogen and oxygen atoms in total. The lowest BCUT2D eigenvalue weighted by molar-refractivity contribution is -0.131. The van der Waals surface area contributed by atoms with E-state index in [1.54, 1.807) is 0 Å². The van der Waals surface area contributed by atoms with Crippen molar-refractivity contribution < 1.29 is 9.53 Å². The zero-order valence-corrected chi connectivity index (χ0v) is 15.9. The third-order valence-corrected chi connectivity index (χ3v) is 6.11. The molecule has 0 aromatic carbocycles. The van der Waals surface area contributed by atoms with Crippen LogP contribution in [0.15, 0.2) is 12.4 Å². The molecule has 0 radical (unpaired) electrons. The highest BCUT2D eigenvalue weighted by molar-refractivity contribution is 5.76. The maximum Gasteiger partial charge on any atom is 0.222 e. The van der Waals surface area contributed by atoms with Crippen molar-refractivity contribution in [2.45, 2.75) is 64.2 Å². The minimum atomic E-state index is 0.180. The first-order valence-electron chi connectivity index (χ1n) is 9.99. The van der Waals surface area contributed by atoms with Gasteiger partial charge in [-0.1, -0.05) is 32.6 Å². The van der Waals surface area contributed by atoms with E-state index in [9.17, 15) is 4.79 Å². The summed E-state index contributed by atoms with van der Waals surface area (Å²) >= 11 is 0. The van der Waals surface area contributed by atoms with Crippen LogP contribution in [0.25, 0.3) is 0 Å². The highest BCUT2D eigenvalue weighted by Crippen LogP contribution is 2.49. The molecule has 2 aliphatic heterocycles. The lowest BCUT2D eigenvalue weighted by Gasteiger charge is -2.37. The Morgan fingerprint density at radius 2 is 2.04 bits per heavy atom. The van der Waals surface area contributed by atoms with Crippen LogP contribution < -0.4 is 0 Å². The monoisotopic (exact) mass is 347 g/mol. The maximum absolute atomic E-state index is 12.8. The predicted octanol–water partition coefficient (Wildman–Crippen LogP) is 3.50. The number of unbranched alkanes of at least 4 members (excludes halogenated alkanes) is 4. The molecule has 140 valence electrons. The number of aryl methyl sites for hydroxylation is 1. The molecule has 3 heterocycles. The molecule has 25 heavy (non-hydrogen) atoms. The first-order chi connectivity index (χ1) is 12.1. The van der Waals surface area contributed by atoms with Gasteiger partial charge in [0.05, 0.1) is 6.20 Å². The molecule has 5 heteroatoms. The van der Waals surface area contributed by atoms with E-state index in [0.717, 1.165) is 45.6 Å². The van der Waals surface area contributed by atoms with Gasteiger partial charge in [0.15, 0.2) is 0 Å². The number of rotatable bonds is 7. The summed E-state index contributed by atoms with van der Waals surface area (Å²) in [7, 11) is 1.97. The van der Waals surface area contributed by atoms with Gasteiger partial charge < -0.3 is 9.64 Å². The Bertz CT molecular complexity index is 563. The molecular weight excluding hydrogens is 314 g/mol. The van der Waals surface area contributed by atoms with Crippen molar-refractivity contribution in [1.29, 1.82) is 0 Å². The van der Waals surface area contributed by atoms with Gasteiger partial charge in [0.1, 0.15) is 0 Å². The Morgan fingerprint density at radius 1 is 1.28 bits per heavy atom. The Labute approximate surface area is 151 Å². The molecule has 2 fully saturated rings.